The Labute approximate surface area is 195 Å². The first-order chi connectivity index (χ1) is 15.6. The van der Waals surface area contributed by atoms with Gasteiger partial charge in [0.1, 0.15) is 0 Å². The smallest absolute Gasteiger partial charge is 0.262 e. The predicted molar refractivity (Wildman–Crippen MR) is 127 cm³/mol. The molecule has 0 aliphatic heterocycles. The molecule has 164 valence electrons. The Morgan fingerprint density at radius 3 is 2.66 bits per heavy atom. The van der Waals surface area contributed by atoms with Gasteiger partial charge in [0.25, 0.3) is 5.56 Å². The molecule has 0 saturated heterocycles. The minimum atomic E-state index is -0.168. The largest absolute Gasteiger partial charge is 0.419 e. The molecule has 1 saturated carbocycles. The average molecular weight is 467 g/mol. The van der Waals surface area contributed by atoms with Gasteiger partial charge >= 0.3 is 0 Å². The zero-order valence-corrected chi connectivity index (χ0v) is 19.3. The molecule has 0 radical (unpaired) electrons. The summed E-state index contributed by atoms with van der Waals surface area (Å²) in [5, 5.41) is 10.1. The molecule has 2 heterocycles. The highest BCUT2D eigenvalue weighted by Gasteiger charge is 2.25. The molecular formula is C24H23ClN4O2S. The maximum Gasteiger partial charge on any atom is 0.262 e. The molecule has 0 spiro atoms. The Kier molecular flexibility index (Phi) is 6.02. The summed E-state index contributed by atoms with van der Waals surface area (Å²) in [7, 11) is 0. The third-order valence-electron chi connectivity index (χ3n) is 5.86. The van der Waals surface area contributed by atoms with E-state index in [0.717, 1.165) is 31.2 Å². The van der Waals surface area contributed by atoms with Crippen LogP contribution in [0.1, 0.15) is 56.2 Å². The van der Waals surface area contributed by atoms with Gasteiger partial charge in [-0.2, -0.15) is 0 Å². The van der Waals surface area contributed by atoms with Gasteiger partial charge in [0, 0.05) is 16.6 Å². The molecule has 1 unspecified atom stereocenters. The lowest BCUT2D eigenvalue weighted by Crippen LogP contribution is -2.29. The number of nitrogens with zero attached hydrogens (tertiary/aromatic N) is 4. The highest BCUT2D eigenvalue weighted by Crippen LogP contribution is 2.37. The molecule has 1 aliphatic rings. The maximum atomic E-state index is 13.5. The lowest BCUT2D eigenvalue weighted by Gasteiger charge is -2.26. The molecule has 8 heteroatoms. The standard InChI is InChI=1S/C24H23ClN4O2S/c1-15(21-27-28-22(31-21)16-8-4-2-5-9-16)32-24-26-20-14-17(25)12-13-19(20)23(30)29(24)18-10-6-3-7-11-18/h2,4-5,8-9,12-15,18H,3,6-7,10-11H2,1H3. The lowest BCUT2D eigenvalue weighted by molar-refractivity contribution is 0.326. The molecule has 4 aromatic rings. The summed E-state index contributed by atoms with van der Waals surface area (Å²) >= 11 is 7.66. The third-order valence-corrected chi connectivity index (χ3v) is 7.15. The van der Waals surface area contributed by atoms with Crippen molar-refractivity contribution in [2.75, 3.05) is 0 Å². The second-order valence-electron chi connectivity index (χ2n) is 8.09. The number of benzene rings is 2. The fourth-order valence-electron chi connectivity index (χ4n) is 4.20. The van der Waals surface area contributed by atoms with Crippen LogP contribution in [0.2, 0.25) is 5.02 Å². The van der Waals surface area contributed by atoms with Crippen LogP contribution in [-0.2, 0) is 0 Å². The number of halogens is 1. The Hall–Kier alpha value is -2.64. The van der Waals surface area contributed by atoms with Crippen molar-refractivity contribution in [2.45, 2.75) is 55.5 Å². The van der Waals surface area contributed by atoms with E-state index in [2.05, 4.69) is 10.2 Å². The normalized spacial score (nSPS) is 15.8. The third kappa shape index (κ3) is 4.19. The van der Waals surface area contributed by atoms with Crippen LogP contribution in [-0.4, -0.2) is 19.7 Å². The van der Waals surface area contributed by atoms with Gasteiger partial charge in [-0.1, -0.05) is 60.8 Å². The molecule has 0 amide bonds. The Balaban J connectivity index is 1.52. The second kappa shape index (κ2) is 9.08. The number of rotatable bonds is 5. The van der Waals surface area contributed by atoms with Crippen LogP contribution < -0.4 is 5.56 Å². The van der Waals surface area contributed by atoms with Crippen LogP contribution in [0.15, 0.2) is 62.9 Å². The predicted octanol–water partition coefficient (Wildman–Crippen LogP) is 6.46. The van der Waals surface area contributed by atoms with Crippen LogP contribution in [0, 0.1) is 0 Å². The Morgan fingerprint density at radius 2 is 1.88 bits per heavy atom. The van der Waals surface area contributed by atoms with Crippen LogP contribution in [0.4, 0.5) is 0 Å². The van der Waals surface area contributed by atoms with E-state index in [9.17, 15) is 4.79 Å². The van der Waals surface area contributed by atoms with E-state index in [4.69, 9.17) is 21.0 Å². The van der Waals surface area contributed by atoms with E-state index in [-0.39, 0.29) is 16.9 Å². The van der Waals surface area contributed by atoms with Crippen molar-refractivity contribution in [2.24, 2.45) is 0 Å². The zero-order chi connectivity index (χ0) is 22.1. The van der Waals surface area contributed by atoms with Crippen molar-refractivity contribution in [3.05, 3.63) is 69.8 Å². The van der Waals surface area contributed by atoms with E-state index in [1.807, 2.05) is 41.8 Å². The molecule has 2 aromatic heterocycles. The average Bonchev–Trinajstić information content (AvgIpc) is 3.31. The Bertz CT molecular complexity index is 1300. The second-order valence-corrected chi connectivity index (χ2v) is 9.84. The molecular weight excluding hydrogens is 444 g/mol. The molecule has 1 aliphatic carbocycles. The first kappa shape index (κ1) is 21.2. The lowest BCUT2D eigenvalue weighted by atomic mass is 9.95. The summed E-state index contributed by atoms with van der Waals surface area (Å²) in [6.45, 7) is 1.99. The van der Waals surface area contributed by atoms with Gasteiger partial charge in [0.05, 0.1) is 16.2 Å². The minimum absolute atomic E-state index is 0.0104. The topological polar surface area (TPSA) is 73.8 Å². The van der Waals surface area contributed by atoms with Crippen molar-refractivity contribution in [3.63, 3.8) is 0 Å². The summed E-state index contributed by atoms with van der Waals surface area (Å²) < 4.78 is 7.83. The van der Waals surface area contributed by atoms with Crippen LogP contribution >= 0.6 is 23.4 Å². The van der Waals surface area contributed by atoms with Crippen molar-refractivity contribution in [1.82, 2.24) is 19.7 Å². The van der Waals surface area contributed by atoms with E-state index < -0.39 is 0 Å². The molecule has 6 nitrogen and oxygen atoms in total. The monoisotopic (exact) mass is 466 g/mol. The van der Waals surface area contributed by atoms with Gasteiger partial charge < -0.3 is 4.42 Å². The number of aromatic nitrogens is 4. The van der Waals surface area contributed by atoms with E-state index >= 15 is 0 Å². The van der Waals surface area contributed by atoms with E-state index in [1.165, 1.54) is 18.2 Å². The number of thioether (sulfide) groups is 1. The van der Waals surface area contributed by atoms with Gasteiger partial charge in [-0.05, 0) is 50.1 Å². The van der Waals surface area contributed by atoms with Crippen molar-refractivity contribution >= 4 is 34.3 Å². The van der Waals surface area contributed by atoms with Crippen molar-refractivity contribution in [3.8, 4) is 11.5 Å². The molecule has 5 rings (SSSR count). The van der Waals surface area contributed by atoms with Gasteiger partial charge in [-0.15, -0.1) is 10.2 Å². The maximum absolute atomic E-state index is 13.5. The molecule has 32 heavy (non-hydrogen) atoms. The van der Waals surface area contributed by atoms with Crippen LogP contribution in [0.5, 0.6) is 0 Å². The molecule has 2 aromatic carbocycles. The molecule has 0 N–H and O–H groups in total. The fourth-order valence-corrected chi connectivity index (χ4v) is 5.38. The first-order valence-electron chi connectivity index (χ1n) is 10.9. The Morgan fingerprint density at radius 1 is 1.09 bits per heavy atom. The SMILES string of the molecule is CC(Sc1nc2cc(Cl)ccc2c(=O)n1C1CCCCC1)c1nnc(-c2ccccc2)o1. The van der Waals surface area contributed by atoms with Crippen molar-refractivity contribution < 1.29 is 4.42 Å². The van der Waals surface area contributed by atoms with Crippen LogP contribution in [0.3, 0.4) is 0 Å². The van der Waals surface area contributed by atoms with Crippen molar-refractivity contribution in [1.29, 1.82) is 0 Å². The van der Waals surface area contributed by atoms with Gasteiger partial charge in [0.15, 0.2) is 5.16 Å². The molecule has 1 atom stereocenters. The van der Waals surface area contributed by atoms with Crippen LogP contribution in [0.25, 0.3) is 22.4 Å². The summed E-state index contributed by atoms with van der Waals surface area (Å²) in [6.07, 6.45) is 5.44. The number of fused-ring (bicyclic) bond motifs is 1. The molecule has 1 fully saturated rings. The summed E-state index contributed by atoms with van der Waals surface area (Å²) in [5.74, 6) is 0.987. The zero-order valence-electron chi connectivity index (χ0n) is 17.7. The van der Waals surface area contributed by atoms with Gasteiger partial charge in [0.2, 0.25) is 11.8 Å². The summed E-state index contributed by atoms with van der Waals surface area (Å²) in [4.78, 5) is 18.3. The summed E-state index contributed by atoms with van der Waals surface area (Å²) in [5.41, 5.74) is 1.48. The highest BCUT2D eigenvalue weighted by atomic mass is 35.5. The van der Waals surface area contributed by atoms with E-state index in [1.54, 1.807) is 18.2 Å². The quantitative estimate of drug-likeness (QED) is 0.248. The minimum Gasteiger partial charge on any atom is -0.419 e. The first-order valence-corrected chi connectivity index (χ1v) is 12.1. The van der Waals surface area contributed by atoms with E-state index in [0.29, 0.717) is 32.9 Å². The number of hydrogen-bond acceptors (Lipinski definition) is 6. The van der Waals surface area contributed by atoms with Gasteiger partial charge in [-0.25, -0.2) is 4.98 Å². The molecule has 0 bridgehead atoms. The summed E-state index contributed by atoms with van der Waals surface area (Å²) in [6, 6.07) is 15.1. The fraction of sp³-hybridized carbons (Fsp3) is 0.333. The van der Waals surface area contributed by atoms with Gasteiger partial charge in [-0.3, -0.25) is 9.36 Å². The number of hydrogen-bond donors (Lipinski definition) is 0. The highest BCUT2D eigenvalue weighted by molar-refractivity contribution is 7.99.